The van der Waals surface area contributed by atoms with Gasteiger partial charge in [0.25, 0.3) is 0 Å². The average Bonchev–Trinajstić information content (AvgIpc) is 3.42. The molecule has 1 aromatic carbocycles. The van der Waals surface area contributed by atoms with Crippen molar-refractivity contribution in [3.63, 3.8) is 0 Å². The Hall–Kier alpha value is -3.43. The monoisotopic (exact) mass is 402 g/mol. The Kier molecular flexibility index (Phi) is 3.67. The van der Waals surface area contributed by atoms with E-state index in [1.807, 2.05) is 0 Å². The van der Waals surface area contributed by atoms with E-state index < -0.39 is 39.7 Å². The van der Waals surface area contributed by atoms with Gasteiger partial charge in [-0.05, 0) is 12.8 Å². The maximum Gasteiger partial charge on any atom is 0.341 e. The number of halogens is 2. The molecule has 2 aliphatic rings. The molecule has 3 N–H and O–H groups in total. The minimum atomic E-state index is -1.47. The van der Waals surface area contributed by atoms with Crippen LogP contribution in [-0.2, 0) is 13.0 Å². The Bertz CT molecular complexity index is 1250. The highest BCUT2D eigenvalue weighted by Crippen LogP contribution is 2.42. The summed E-state index contributed by atoms with van der Waals surface area (Å²) in [6, 6.07) is -0.158. The van der Waals surface area contributed by atoms with Crippen LogP contribution in [0.5, 0.6) is 0 Å². The highest BCUT2D eigenvalue weighted by Gasteiger charge is 2.34. The Labute approximate surface area is 162 Å². The molecular formula is C19H16F2N4O4. The van der Waals surface area contributed by atoms with Crippen LogP contribution in [0.25, 0.3) is 10.9 Å². The SMILES string of the molecule is Nc1c(F)c(N2CCc3oncc3C2)c(F)c2c1c(=O)c(C(=O)O)cn2C1CC1. The number of aromatic nitrogens is 2. The predicted octanol–water partition coefficient (Wildman–Crippen LogP) is 2.45. The molecule has 1 aliphatic heterocycles. The second kappa shape index (κ2) is 6.03. The second-order valence-electron chi connectivity index (χ2n) is 7.38. The van der Waals surface area contributed by atoms with E-state index >= 15 is 8.78 Å². The molecule has 29 heavy (non-hydrogen) atoms. The molecule has 0 amide bonds. The molecule has 3 aromatic rings. The maximum atomic E-state index is 15.7. The largest absolute Gasteiger partial charge is 0.477 e. The number of rotatable bonds is 3. The third kappa shape index (κ3) is 2.51. The topological polar surface area (TPSA) is 115 Å². The Morgan fingerprint density at radius 1 is 1.31 bits per heavy atom. The van der Waals surface area contributed by atoms with Crippen molar-refractivity contribution in [3.05, 3.63) is 51.1 Å². The first-order chi connectivity index (χ1) is 13.9. The molecule has 5 rings (SSSR count). The number of nitrogens with zero attached hydrogens (tertiary/aromatic N) is 3. The Balaban J connectivity index is 1.80. The first-order valence-electron chi connectivity index (χ1n) is 9.14. The number of carboxylic acid groups (broad SMARTS) is 1. The number of hydrogen-bond donors (Lipinski definition) is 2. The lowest BCUT2D eigenvalue weighted by molar-refractivity contribution is 0.0695. The highest BCUT2D eigenvalue weighted by molar-refractivity contribution is 5.99. The zero-order chi connectivity index (χ0) is 20.4. The molecule has 10 heteroatoms. The number of nitrogens with two attached hydrogens (primary N) is 1. The first kappa shape index (κ1) is 17.7. The van der Waals surface area contributed by atoms with Crippen molar-refractivity contribution >= 4 is 28.2 Å². The van der Waals surface area contributed by atoms with Gasteiger partial charge < -0.3 is 24.8 Å². The van der Waals surface area contributed by atoms with Crippen LogP contribution in [0.1, 0.15) is 40.6 Å². The van der Waals surface area contributed by atoms with Crippen molar-refractivity contribution in [1.82, 2.24) is 9.72 Å². The van der Waals surface area contributed by atoms with E-state index in [0.717, 1.165) is 11.8 Å². The summed E-state index contributed by atoms with van der Waals surface area (Å²) in [6.45, 7) is 0.459. The Morgan fingerprint density at radius 2 is 2.07 bits per heavy atom. The lowest BCUT2D eigenvalue weighted by atomic mass is 10.0. The first-order valence-corrected chi connectivity index (χ1v) is 9.14. The molecule has 1 saturated carbocycles. The summed E-state index contributed by atoms with van der Waals surface area (Å²) in [5, 5.41) is 12.6. The molecule has 2 aromatic heterocycles. The van der Waals surface area contributed by atoms with E-state index in [2.05, 4.69) is 5.16 Å². The number of fused-ring (bicyclic) bond motifs is 2. The summed E-state index contributed by atoms with van der Waals surface area (Å²) in [7, 11) is 0. The number of nitrogen functional groups attached to an aromatic ring is 1. The summed E-state index contributed by atoms with van der Waals surface area (Å²) in [5.74, 6) is -2.80. The average molecular weight is 402 g/mol. The van der Waals surface area contributed by atoms with Crippen LogP contribution in [0.4, 0.5) is 20.2 Å². The molecule has 8 nitrogen and oxygen atoms in total. The number of carbonyl (C=O) groups is 1. The number of anilines is 2. The molecule has 0 saturated heterocycles. The fraction of sp³-hybridized carbons (Fsp3) is 0.316. The normalized spacial score (nSPS) is 16.3. The molecule has 0 radical (unpaired) electrons. The summed E-state index contributed by atoms with van der Waals surface area (Å²) in [4.78, 5) is 25.6. The van der Waals surface area contributed by atoms with Crippen molar-refractivity contribution in [2.45, 2.75) is 31.8 Å². The molecule has 1 fully saturated rings. The van der Waals surface area contributed by atoms with Gasteiger partial charge in [-0.1, -0.05) is 5.16 Å². The van der Waals surface area contributed by atoms with Crippen LogP contribution in [0.3, 0.4) is 0 Å². The molecule has 0 atom stereocenters. The second-order valence-corrected chi connectivity index (χ2v) is 7.38. The van der Waals surface area contributed by atoms with Crippen LogP contribution in [-0.4, -0.2) is 27.3 Å². The van der Waals surface area contributed by atoms with Crippen molar-refractivity contribution in [2.24, 2.45) is 0 Å². The number of benzene rings is 1. The van der Waals surface area contributed by atoms with Crippen molar-refractivity contribution in [1.29, 1.82) is 0 Å². The standard InChI is InChI=1S/C19H16F2N4O4/c20-13-15(22)12-16(25(9-1-2-9)7-10(18(12)26)19(27)28)14(21)17(13)24-4-3-11-8(6-24)5-23-29-11/h5,7,9H,1-4,6,22H2,(H,27,28). The lowest BCUT2D eigenvalue weighted by Gasteiger charge is -2.29. The van der Waals surface area contributed by atoms with Gasteiger partial charge in [-0.2, -0.15) is 0 Å². The van der Waals surface area contributed by atoms with E-state index in [1.165, 1.54) is 15.7 Å². The van der Waals surface area contributed by atoms with Gasteiger partial charge in [0, 0.05) is 37.3 Å². The Morgan fingerprint density at radius 3 is 2.76 bits per heavy atom. The van der Waals surface area contributed by atoms with Gasteiger partial charge in [0.1, 0.15) is 17.0 Å². The highest BCUT2D eigenvalue weighted by atomic mass is 19.1. The predicted molar refractivity (Wildman–Crippen MR) is 99.0 cm³/mol. The fourth-order valence-electron chi connectivity index (χ4n) is 3.95. The summed E-state index contributed by atoms with van der Waals surface area (Å²) in [5.41, 5.74) is 4.05. The van der Waals surface area contributed by atoms with E-state index in [9.17, 15) is 14.7 Å². The molecule has 150 valence electrons. The smallest absolute Gasteiger partial charge is 0.341 e. The number of pyridine rings is 1. The van der Waals surface area contributed by atoms with Crippen LogP contribution in [0.15, 0.2) is 21.7 Å². The van der Waals surface area contributed by atoms with E-state index in [1.54, 1.807) is 0 Å². The van der Waals surface area contributed by atoms with Gasteiger partial charge in [-0.15, -0.1) is 0 Å². The zero-order valence-electron chi connectivity index (χ0n) is 15.1. The third-order valence-corrected chi connectivity index (χ3v) is 5.55. The van der Waals surface area contributed by atoms with E-state index in [0.29, 0.717) is 25.0 Å². The molecule has 3 heterocycles. The molecule has 0 bridgehead atoms. The van der Waals surface area contributed by atoms with Crippen LogP contribution >= 0.6 is 0 Å². The molecule has 0 spiro atoms. The molecule has 1 aliphatic carbocycles. The van der Waals surface area contributed by atoms with Gasteiger partial charge in [0.05, 0.1) is 22.8 Å². The molecular weight excluding hydrogens is 386 g/mol. The number of aromatic carboxylic acids is 1. The number of carboxylic acids is 1. The van der Waals surface area contributed by atoms with E-state index in [4.69, 9.17) is 10.3 Å². The van der Waals surface area contributed by atoms with Crippen molar-refractivity contribution in [3.8, 4) is 0 Å². The lowest BCUT2D eigenvalue weighted by Crippen LogP contribution is -2.32. The summed E-state index contributed by atoms with van der Waals surface area (Å²) in [6.07, 6.45) is 4.46. The van der Waals surface area contributed by atoms with Crippen LogP contribution in [0.2, 0.25) is 0 Å². The quantitative estimate of drug-likeness (QED) is 0.647. The summed E-state index contributed by atoms with van der Waals surface area (Å²) < 4.78 is 37.4. The third-order valence-electron chi connectivity index (χ3n) is 5.55. The van der Waals surface area contributed by atoms with Gasteiger partial charge >= 0.3 is 5.97 Å². The molecule has 0 unspecified atom stereocenters. The minimum absolute atomic E-state index is 0.158. The van der Waals surface area contributed by atoms with Crippen LogP contribution in [0, 0.1) is 11.6 Å². The zero-order valence-corrected chi connectivity index (χ0v) is 15.1. The maximum absolute atomic E-state index is 15.7. The number of hydrogen-bond acceptors (Lipinski definition) is 6. The van der Waals surface area contributed by atoms with Gasteiger partial charge in [0.2, 0.25) is 5.43 Å². The van der Waals surface area contributed by atoms with Crippen LogP contribution < -0.4 is 16.1 Å². The minimum Gasteiger partial charge on any atom is -0.477 e. The van der Waals surface area contributed by atoms with E-state index in [-0.39, 0.29) is 30.3 Å². The summed E-state index contributed by atoms with van der Waals surface area (Å²) >= 11 is 0. The van der Waals surface area contributed by atoms with Gasteiger partial charge in [-0.3, -0.25) is 4.79 Å². The van der Waals surface area contributed by atoms with Gasteiger partial charge in [-0.25, -0.2) is 13.6 Å². The van der Waals surface area contributed by atoms with Gasteiger partial charge in [0.15, 0.2) is 11.6 Å². The van der Waals surface area contributed by atoms with Crippen molar-refractivity contribution < 1.29 is 23.2 Å². The fourth-order valence-corrected chi connectivity index (χ4v) is 3.95. The van der Waals surface area contributed by atoms with Crippen molar-refractivity contribution in [2.75, 3.05) is 17.2 Å².